The van der Waals surface area contributed by atoms with Crippen LogP contribution >= 0.6 is 0 Å². The van der Waals surface area contributed by atoms with Gasteiger partial charge in [-0.1, -0.05) is 62.8 Å². The van der Waals surface area contributed by atoms with Gasteiger partial charge in [0.15, 0.2) is 5.60 Å². The summed E-state index contributed by atoms with van der Waals surface area (Å²) in [7, 11) is 0. The van der Waals surface area contributed by atoms with Crippen LogP contribution in [0.4, 0.5) is 0 Å². The van der Waals surface area contributed by atoms with Gasteiger partial charge in [-0.25, -0.2) is 0 Å². The average Bonchev–Trinajstić information content (AvgIpc) is 2.62. The van der Waals surface area contributed by atoms with E-state index in [1.165, 1.54) is 44.1 Å². The van der Waals surface area contributed by atoms with E-state index in [9.17, 15) is 5.11 Å². The molecule has 1 saturated heterocycles. The maximum atomic E-state index is 11.9. The zero-order chi connectivity index (χ0) is 16.5. The number of rotatable bonds is 0. The molecule has 0 unspecified atom stereocenters. The molecule has 2 fully saturated rings. The fraction of sp³-hybridized carbons (Fsp3) is 0.714. The van der Waals surface area contributed by atoms with Crippen molar-refractivity contribution in [2.24, 2.45) is 0 Å². The highest BCUT2D eigenvalue weighted by molar-refractivity contribution is 5.49. The van der Waals surface area contributed by atoms with Crippen LogP contribution in [0.5, 0.6) is 0 Å². The van der Waals surface area contributed by atoms with Gasteiger partial charge in [-0.3, -0.25) is 0 Å². The summed E-state index contributed by atoms with van der Waals surface area (Å²) in [6.07, 6.45) is 11.4. The molecule has 3 heteroatoms. The summed E-state index contributed by atoms with van der Waals surface area (Å²) in [5.41, 5.74) is 1.35. The molecule has 0 bridgehead atoms. The molecule has 2 aliphatic carbocycles. The van der Waals surface area contributed by atoms with Gasteiger partial charge in [-0.05, 0) is 30.4 Å². The molecule has 0 radical (unpaired) electrons. The topological polar surface area (TPSA) is 38.7 Å². The zero-order valence-electron chi connectivity index (χ0n) is 14.6. The molecule has 3 aliphatic rings. The molecule has 1 aromatic rings. The summed E-state index contributed by atoms with van der Waals surface area (Å²) in [6.45, 7) is 1.38. The smallest absolute Gasteiger partial charge is 0.202 e. The second-order valence-electron chi connectivity index (χ2n) is 7.72. The van der Waals surface area contributed by atoms with E-state index in [1.807, 2.05) is 6.07 Å². The van der Waals surface area contributed by atoms with E-state index in [-0.39, 0.29) is 5.92 Å². The van der Waals surface area contributed by atoms with Crippen molar-refractivity contribution >= 4 is 0 Å². The molecule has 4 rings (SSSR count). The van der Waals surface area contributed by atoms with Crippen LogP contribution in [-0.2, 0) is 15.1 Å². The van der Waals surface area contributed by atoms with Crippen LogP contribution in [-0.4, -0.2) is 24.1 Å². The number of fused-ring (bicyclic) bond motifs is 5. The Labute approximate surface area is 145 Å². The molecule has 1 heterocycles. The third kappa shape index (κ3) is 2.53. The van der Waals surface area contributed by atoms with Crippen LogP contribution in [0.1, 0.15) is 81.3 Å². The lowest BCUT2D eigenvalue weighted by Gasteiger charge is -2.58. The first-order valence-electron chi connectivity index (χ1n) is 9.88. The highest BCUT2D eigenvalue weighted by Crippen LogP contribution is 2.60. The number of ether oxygens (including phenoxy) is 2. The van der Waals surface area contributed by atoms with Gasteiger partial charge >= 0.3 is 0 Å². The second kappa shape index (κ2) is 6.78. The highest BCUT2D eigenvalue weighted by atomic mass is 16.7. The first kappa shape index (κ1) is 16.6. The fourth-order valence-electron chi connectivity index (χ4n) is 5.04. The standard InChI is InChI=1S/C21H30O3/c22-21-18(17-11-7-8-13-19(17)21)12-6-4-2-1-3-5-9-14-20(21)23-15-10-16-24-20/h7-8,11,13,18,22H,1-6,9-10,12,14-16H2/t18-,21-/m0/s1. The molecule has 2 atom stereocenters. The van der Waals surface area contributed by atoms with Crippen LogP contribution in [0.2, 0.25) is 0 Å². The predicted molar refractivity (Wildman–Crippen MR) is 93.9 cm³/mol. The van der Waals surface area contributed by atoms with E-state index < -0.39 is 11.4 Å². The largest absolute Gasteiger partial charge is 0.379 e. The van der Waals surface area contributed by atoms with Crippen LogP contribution in [0.25, 0.3) is 0 Å². The molecule has 1 aliphatic heterocycles. The van der Waals surface area contributed by atoms with Crippen molar-refractivity contribution < 1.29 is 14.6 Å². The number of aliphatic hydroxyl groups is 1. The molecule has 1 spiro atoms. The highest BCUT2D eigenvalue weighted by Gasteiger charge is 2.64. The van der Waals surface area contributed by atoms with E-state index in [1.54, 1.807) is 0 Å². The summed E-state index contributed by atoms with van der Waals surface area (Å²) in [6, 6.07) is 8.36. The normalized spacial score (nSPS) is 33.5. The van der Waals surface area contributed by atoms with Gasteiger partial charge in [-0.15, -0.1) is 0 Å². The molecule has 0 amide bonds. The molecule has 1 N–H and O–H groups in total. The van der Waals surface area contributed by atoms with Crippen molar-refractivity contribution in [2.75, 3.05) is 13.2 Å². The lowest BCUT2D eigenvalue weighted by Crippen LogP contribution is -2.64. The molecule has 132 valence electrons. The lowest BCUT2D eigenvalue weighted by molar-refractivity contribution is -0.364. The van der Waals surface area contributed by atoms with E-state index in [0.29, 0.717) is 13.2 Å². The summed E-state index contributed by atoms with van der Waals surface area (Å²) < 4.78 is 12.5. The Bertz CT molecular complexity index is 564. The minimum Gasteiger partial charge on any atom is -0.379 e. The van der Waals surface area contributed by atoms with Gasteiger partial charge in [-0.2, -0.15) is 0 Å². The average molecular weight is 330 g/mol. The Hall–Kier alpha value is -0.900. The van der Waals surface area contributed by atoms with Crippen molar-refractivity contribution in [1.29, 1.82) is 0 Å². The maximum Gasteiger partial charge on any atom is 0.202 e. The minimum atomic E-state index is -0.983. The van der Waals surface area contributed by atoms with Crippen molar-refractivity contribution in [1.82, 2.24) is 0 Å². The summed E-state index contributed by atoms with van der Waals surface area (Å²) in [5, 5.41) is 11.9. The van der Waals surface area contributed by atoms with Crippen molar-refractivity contribution in [2.45, 2.75) is 81.5 Å². The predicted octanol–water partition coefficient (Wildman–Crippen LogP) is 4.63. The second-order valence-corrected chi connectivity index (χ2v) is 7.72. The lowest BCUT2D eigenvalue weighted by atomic mass is 9.57. The monoisotopic (exact) mass is 330 g/mol. The van der Waals surface area contributed by atoms with Crippen molar-refractivity contribution in [3.8, 4) is 0 Å². The molecular weight excluding hydrogens is 300 g/mol. The van der Waals surface area contributed by atoms with Crippen molar-refractivity contribution in [3.05, 3.63) is 35.4 Å². The van der Waals surface area contributed by atoms with E-state index in [0.717, 1.165) is 31.2 Å². The molecular formula is C21H30O3. The molecule has 24 heavy (non-hydrogen) atoms. The summed E-state index contributed by atoms with van der Waals surface area (Å²) >= 11 is 0. The van der Waals surface area contributed by atoms with Crippen LogP contribution in [0.15, 0.2) is 24.3 Å². The summed E-state index contributed by atoms with van der Waals surface area (Å²) in [4.78, 5) is 0. The Morgan fingerprint density at radius 2 is 1.50 bits per heavy atom. The van der Waals surface area contributed by atoms with Crippen molar-refractivity contribution in [3.63, 3.8) is 0 Å². The zero-order valence-corrected chi connectivity index (χ0v) is 14.6. The SMILES string of the molecule is O[C@]12c3ccccc3[C@@H]1CCCCCCCCCC21OCCCO1. The molecule has 3 nitrogen and oxygen atoms in total. The third-order valence-electron chi connectivity index (χ3n) is 6.29. The number of hydrogen-bond acceptors (Lipinski definition) is 3. The third-order valence-corrected chi connectivity index (χ3v) is 6.29. The van der Waals surface area contributed by atoms with E-state index in [2.05, 4.69) is 18.2 Å². The molecule has 1 aromatic carbocycles. The van der Waals surface area contributed by atoms with Gasteiger partial charge in [0.2, 0.25) is 5.79 Å². The van der Waals surface area contributed by atoms with Crippen LogP contribution in [0.3, 0.4) is 0 Å². The quantitative estimate of drug-likeness (QED) is 0.754. The Balaban J connectivity index is 1.71. The maximum absolute atomic E-state index is 11.9. The molecule has 1 saturated carbocycles. The van der Waals surface area contributed by atoms with Gasteiger partial charge < -0.3 is 14.6 Å². The van der Waals surface area contributed by atoms with Gasteiger partial charge in [0, 0.05) is 12.3 Å². The Morgan fingerprint density at radius 3 is 2.29 bits per heavy atom. The van der Waals surface area contributed by atoms with E-state index in [4.69, 9.17) is 9.47 Å². The number of hydrogen-bond donors (Lipinski definition) is 1. The van der Waals surface area contributed by atoms with Crippen LogP contribution < -0.4 is 0 Å². The Kier molecular flexibility index (Phi) is 4.68. The fourth-order valence-corrected chi connectivity index (χ4v) is 5.04. The Morgan fingerprint density at radius 1 is 0.833 bits per heavy atom. The molecule has 0 aromatic heterocycles. The first-order valence-corrected chi connectivity index (χ1v) is 9.88. The van der Waals surface area contributed by atoms with Gasteiger partial charge in [0.25, 0.3) is 0 Å². The van der Waals surface area contributed by atoms with Crippen LogP contribution in [0, 0.1) is 0 Å². The van der Waals surface area contributed by atoms with Gasteiger partial charge in [0.1, 0.15) is 0 Å². The minimum absolute atomic E-state index is 0.145. The van der Waals surface area contributed by atoms with E-state index >= 15 is 0 Å². The first-order chi connectivity index (χ1) is 11.8. The van der Waals surface area contributed by atoms with Gasteiger partial charge in [0.05, 0.1) is 13.2 Å². The summed E-state index contributed by atoms with van der Waals surface area (Å²) in [5.74, 6) is -0.699. The number of benzene rings is 1.